The smallest absolute Gasteiger partial charge is 0.256 e. The highest BCUT2D eigenvalue weighted by molar-refractivity contribution is 6.13. The number of rotatable bonds is 3. The molecule has 0 spiro atoms. The molecule has 1 N–H and O–H groups in total. The number of carbonyl (C=O) groups excluding carboxylic acids is 1. The van der Waals surface area contributed by atoms with Crippen LogP contribution in [0.25, 0.3) is 33.3 Å². The molecule has 152 valence electrons. The number of amides is 1. The zero-order chi connectivity index (χ0) is 21.5. The van der Waals surface area contributed by atoms with Gasteiger partial charge in [0.15, 0.2) is 5.58 Å². The van der Waals surface area contributed by atoms with E-state index in [1.165, 1.54) is 0 Å². The SMILES string of the molecule is Cc1cc(C)c2oc(-c3ccc(C)c(NC(=O)c4cccc5ccccc45)c3)nc2c1. The number of aromatic nitrogens is 1. The first-order chi connectivity index (χ1) is 15.0. The fraction of sp³-hybridized carbons (Fsp3) is 0.111. The van der Waals surface area contributed by atoms with Crippen LogP contribution < -0.4 is 5.32 Å². The van der Waals surface area contributed by atoms with E-state index in [0.29, 0.717) is 11.5 Å². The molecule has 0 aliphatic rings. The number of fused-ring (bicyclic) bond motifs is 2. The molecule has 0 unspecified atom stereocenters. The first kappa shape index (κ1) is 19.1. The van der Waals surface area contributed by atoms with Crippen LogP contribution in [-0.4, -0.2) is 10.9 Å². The molecule has 0 aliphatic carbocycles. The lowest BCUT2D eigenvalue weighted by Crippen LogP contribution is -2.13. The lowest BCUT2D eigenvalue weighted by Gasteiger charge is -2.11. The van der Waals surface area contributed by atoms with E-state index in [1.54, 1.807) is 0 Å². The standard InChI is InChI=1S/C27H22N2O2/c1-16-13-18(3)25-24(14-16)29-27(31-25)20-12-11-17(2)23(15-20)28-26(30)22-10-6-8-19-7-4-5-9-21(19)22/h4-15H,1-3H3,(H,28,30). The Labute approximate surface area is 180 Å². The molecule has 0 saturated carbocycles. The van der Waals surface area contributed by atoms with Crippen LogP contribution in [0.4, 0.5) is 5.69 Å². The van der Waals surface area contributed by atoms with Crippen LogP contribution >= 0.6 is 0 Å². The van der Waals surface area contributed by atoms with Gasteiger partial charge in [-0.05, 0) is 72.5 Å². The van der Waals surface area contributed by atoms with E-state index < -0.39 is 0 Å². The van der Waals surface area contributed by atoms with E-state index in [0.717, 1.165) is 49.8 Å². The van der Waals surface area contributed by atoms with Gasteiger partial charge < -0.3 is 9.73 Å². The van der Waals surface area contributed by atoms with Gasteiger partial charge >= 0.3 is 0 Å². The van der Waals surface area contributed by atoms with Crippen LogP contribution in [0.5, 0.6) is 0 Å². The molecule has 1 aromatic heterocycles. The number of nitrogens with zero attached hydrogens (tertiary/aromatic N) is 1. The Balaban J connectivity index is 1.52. The molecule has 0 atom stereocenters. The van der Waals surface area contributed by atoms with Crippen LogP contribution in [0.2, 0.25) is 0 Å². The Morgan fingerprint density at radius 2 is 1.68 bits per heavy atom. The minimum Gasteiger partial charge on any atom is -0.436 e. The lowest BCUT2D eigenvalue weighted by molar-refractivity contribution is 0.102. The summed E-state index contributed by atoms with van der Waals surface area (Å²) in [5, 5.41) is 5.05. The largest absolute Gasteiger partial charge is 0.436 e. The summed E-state index contributed by atoms with van der Waals surface area (Å²) in [6.07, 6.45) is 0. The van der Waals surface area contributed by atoms with Gasteiger partial charge in [0.05, 0.1) is 0 Å². The van der Waals surface area contributed by atoms with Crippen molar-refractivity contribution in [2.24, 2.45) is 0 Å². The minimum absolute atomic E-state index is 0.138. The number of anilines is 1. The fourth-order valence-corrected chi connectivity index (χ4v) is 4.00. The maximum atomic E-state index is 13.1. The van der Waals surface area contributed by atoms with Crippen molar-refractivity contribution in [1.82, 2.24) is 4.98 Å². The summed E-state index contributed by atoms with van der Waals surface area (Å²) in [5.74, 6) is 0.408. The van der Waals surface area contributed by atoms with Gasteiger partial charge in [-0.15, -0.1) is 0 Å². The average molecular weight is 406 g/mol. The Hall–Kier alpha value is -3.92. The van der Waals surface area contributed by atoms with Crippen LogP contribution in [0.3, 0.4) is 0 Å². The summed E-state index contributed by atoms with van der Waals surface area (Å²) in [6.45, 7) is 6.05. The molecule has 4 nitrogen and oxygen atoms in total. The summed E-state index contributed by atoms with van der Waals surface area (Å²) < 4.78 is 6.06. The highest BCUT2D eigenvalue weighted by atomic mass is 16.3. The molecule has 4 heteroatoms. The quantitative estimate of drug-likeness (QED) is 0.357. The van der Waals surface area contributed by atoms with Gasteiger partial charge in [0, 0.05) is 16.8 Å². The number of hydrogen-bond donors (Lipinski definition) is 1. The number of hydrogen-bond acceptors (Lipinski definition) is 3. The van der Waals surface area contributed by atoms with Gasteiger partial charge in [0.1, 0.15) is 5.52 Å². The maximum absolute atomic E-state index is 13.1. The number of aryl methyl sites for hydroxylation is 3. The highest BCUT2D eigenvalue weighted by Gasteiger charge is 2.15. The van der Waals surface area contributed by atoms with Gasteiger partial charge in [0.25, 0.3) is 5.91 Å². The first-order valence-corrected chi connectivity index (χ1v) is 10.3. The van der Waals surface area contributed by atoms with Crippen molar-refractivity contribution in [3.8, 4) is 11.5 Å². The van der Waals surface area contributed by atoms with Crippen molar-refractivity contribution in [3.05, 3.63) is 95.1 Å². The van der Waals surface area contributed by atoms with E-state index in [4.69, 9.17) is 4.42 Å². The summed E-state index contributed by atoms with van der Waals surface area (Å²) in [6, 6.07) is 23.6. The predicted molar refractivity (Wildman–Crippen MR) is 126 cm³/mol. The maximum Gasteiger partial charge on any atom is 0.256 e. The molecule has 0 bridgehead atoms. The Morgan fingerprint density at radius 1 is 0.871 bits per heavy atom. The first-order valence-electron chi connectivity index (χ1n) is 10.3. The average Bonchev–Trinajstić information content (AvgIpc) is 3.19. The molecule has 5 rings (SSSR count). The Kier molecular flexibility index (Phi) is 4.55. The molecule has 0 radical (unpaired) electrons. The van der Waals surface area contributed by atoms with Gasteiger partial charge in [-0.1, -0.05) is 48.5 Å². The molecule has 1 heterocycles. The van der Waals surface area contributed by atoms with Crippen LogP contribution in [0.15, 0.2) is 77.2 Å². The van der Waals surface area contributed by atoms with Gasteiger partial charge in [-0.2, -0.15) is 0 Å². The Bertz CT molecular complexity index is 1460. The third-order valence-electron chi connectivity index (χ3n) is 5.59. The second-order valence-corrected chi connectivity index (χ2v) is 7.96. The molecule has 0 aliphatic heterocycles. The number of oxazole rings is 1. The number of benzene rings is 4. The van der Waals surface area contributed by atoms with Crippen molar-refractivity contribution >= 4 is 33.5 Å². The summed E-state index contributed by atoms with van der Waals surface area (Å²) in [5.41, 5.74) is 7.04. The van der Waals surface area contributed by atoms with Gasteiger partial charge in [0.2, 0.25) is 5.89 Å². The van der Waals surface area contributed by atoms with Crippen molar-refractivity contribution in [2.45, 2.75) is 20.8 Å². The van der Waals surface area contributed by atoms with Gasteiger partial charge in [-0.3, -0.25) is 4.79 Å². The van der Waals surface area contributed by atoms with Crippen molar-refractivity contribution in [1.29, 1.82) is 0 Å². The molecule has 5 aromatic rings. The third-order valence-corrected chi connectivity index (χ3v) is 5.59. The highest BCUT2D eigenvalue weighted by Crippen LogP contribution is 2.30. The molecule has 1 amide bonds. The molecule has 0 saturated heterocycles. The van der Waals surface area contributed by atoms with E-state index in [2.05, 4.69) is 16.4 Å². The monoisotopic (exact) mass is 406 g/mol. The van der Waals surface area contributed by atoms with Crippen LogP contribution in [-0.2, 0) is 0 Å². The lowest BCUT2D eigenvalue weighted by atomic mass is 10.0. The van der Waals surface area contributed by atoms with Gasteiger partial charge in [-0.25, -0.2) is 4.98 Å². The molecular formula is C27H22N2O2. The normalized spacial score (nSPS) is 11.2. The topological polar surface area (TPSA) is 55.1 Å². The molecular weight excluding hydrogens is 384 g/mol. The third kappa shape index (κ3) is 3.46. The molecule has 0 fully saturated rings. The number of nitrogens with one attached hydrogen (secondary N) is 1. The predicted octanol–water partition coefficient (Wildman–Crippen LogP) is 6.83. The van der Waals surface area contributed by atoms with Crippen LogP contribution in [0.1, 0.15) is 27.0 Å². The fourth-order valence-electron chi connectivity index (χ4n) is 4.00. The van der Waals surface area contributed by atoms with E-state index in [9.17, 15) is 4.79 Å². The minimum atomic E-state index is -0.138. The summed E-state index contributed by atoms with van der Waals surface area (Å²) in [4.78, 5) is 17.8. The second-order valence-electron chi connectivity index (χ2n) is 7.96. The van der Waals surface area contributed by atoms with Crippen molar-refractivity contribution < 1.29 is 9.21 Å². The zero-order valence-electron chi connectivity index (χ0n) is 17.7. The second kappa shape index (κ2) is 7.40. The van der Waals surface area contributed by atoms with E-state index in [-0.39, 0.29) is 5.91 Å². The Morgan fingerprint density at radius 3 is 2.55 bits per heavy atom. The number of carbonyl (C=O) groups is 1. The van der Waals surface area contributed by atoms with E-state index >= 15 is 0 Å². The van der Waals surface area contributed by atoms with E-state index in [1.807, 2.05) is 87.5 Å². The van der Waals surface area contributed by atoms with Crippen molar-refractivity contribution in [3.63, 3.8) is 0 Å². The summed E-state index contributed by atoms with van der Waals surface area (Å²) in [7, 11) is 0. The molecule has 4 aromatic carbocycles. The van der Waals surface area contributed by atoms with Crippen molar-refractivity contribution in [2.75, 3.05) is 5.32 Å². The summed E-state index contributed by atoms with van der Waals surface area (Å²) >= 11 is 0. The molecule has 31 heavy (non-hydrogen) atoms. The van der Waals surface area contributed by atoms with Crippen LogP contribution in [0, 0.1) is 20.8 Å². The zero-order valence-corrected chi connectivity index (χ0v) is 17.7.